The van der Waals surface area contributed by atoms with Crippen LogP contribution >= 0.6 is 35.4 Å². The number of amides is 3. The van der Waals surface area contributed by atoms with Crippen LogP contribution in [0.2, 0.25) is 10.0 Å². The zero-order chi connectivity index (χ0) is 24.7. The van der Waals surface area contributed by atoms with Gasteiger partial charge in [-0.15, -0.1) is 0 Å². The molecule has 1 aromatic heterocycles. The smallest absolute Gasteiger partial charge is 0.270 e. The second-order valence-corrected chi connectivity index (χ2v) is 9.66. The number of hydrogen-bond donors (Lipinski definition) is 1. The van der Waals surface area contributed by atoms with Gasteiger partial charge in [0, 0.05) is 45.8 Å². The Bertz CT molecular complexity index is 1410. The van der Waals surface area contributed by atoms with Crippen LogP contribution in [0.15, 0.2) is 54.2 Å². The third kappa shape index (κ3) is 4.57. The number of hydrogen-bond acceptors (Lipinski definition) is 4. The zero-order valence-electron chi connectivity index (χ0n) is 18.5. The van der Waals surface area contributed by atoms with Crippen LogP contribution < -0.4 is 10.2 Å². The van der Waals surface area contributed by atoms with Crippen molar-refractivity contribution in [1.82, 2.24) is 14.8 Å². The Labute approximate surface area is 216 Å². The number of nitrogens with one attached hydrogen (secondary N) is 1. The number of carbonyl (C=O) groups is 3. The number of rotatable bonds is 4. The number of fused-ring (bicyclic) bond motifs is 1. The van der Waals surface area contributed by atoms with Gasteiger partial charge in [0.15, 0.2) is 5.11 Å². The van der Waals surface area contributed by atoms with E-state index in [1.807, 2.05) is 33.7 Å². The Morgan fingerprint density at radius 2 is 1.74 bits per heavy atom. The maximum Gasteiger partial charge on any atom is 0.270 e. The monoisotopic (exact) mass is 526 g/mol. The van der Waals surface area contributed by atoms with Crippen LogP contribution in [0, 0.1) is 0 Å². The second-order valence-electron chi connectivity index (χ2n) is 8.40. The van der Waals surface area contributed by atoms with Crippen molar-refractivity contribution in [3.63, 3.8) is 0 Å². The van der Waals surface area contributed by atoms with E-state index in [1.165, 1.54) is 17.0 Å². The number of nitrogens with zero attached hydrogens (tertiary/aromatic N) is 3. The Kier molecular flexibility index (Phi) is 6.35. The van der Waals surface area contributed by atoms with Gasteiger partial charge in [-0.3, -0.25) is 24.6 Å². The topological polar surface area (TPSA) is 74.6 Å². The summed E-state index contributed by atoms with van der Waals surface area (Å²) >= 11 is 17.5. The summed E-state index contributed by atoms with van der Waals surface area (Å²) in [5.74, 6) is -1.15. The van der Waals surface area contributed by atoms with Gasteiger partial charge in [-0.25, -0.2) is 0 Å². The van der Waals surface area contributed by atoms with Gasteiger partial charge in [-0.2, -0.15) is 0 Å². The molecule has 7 nitrogen and oxygen atoms in total. The highest BCUT2D eigenvalue weighted by Gasteiger charge is 2.35. The maximum atomic E-state index is 13.4. The lowest BCUT2D eigenvalue weighted by molar-refractivity contribution is -0.130. The summed E-state index contributed by atoms with van der Waals surface area (Å²) < 4.78 is 1.85. The normalized spacial score (nSPS) is 17.5. The highest BCUT2D eigenvalue weighted by atomic mass is 35.5. The highest BCUT2D eigenvalue weighted by Crippen LogP contribution is 2.30. The second kappa shape index (κ2) is 9.45. The summed E-state index contributed by atoms with van der Waals surface area (Å²) in [7, 11) is 0. The lowest BCUT2D eigenvalue weighted by Gasteiger charge is -2.29. The first-order chi connectivity index (χ1) is 16.8. The van der Waals surface area contributed by atoms with Gasteiger partial charge < -0.3 is 9.47 Å². The molecule has 3 aromatic rings. The van der Waals surface area contributed by atoms with Gasteiger partial charge in [0.05, 0.1) is 5.69 Å². The molecule has 2 aliphatic heterocycles. The summed E-state index contributed by atoms with van der Waals surface area (Å²) in [6, 6.07) is 12.2. The molecule has 0 bridgehead atoms. The minimum absolute atomic E-state index is 0.0447. The zero-order valence-corrected chi connectivity index (χ0v) is 20.8. The van der Waals surface area contributed by atoms with Crippen molar-refractivity contribution in [3.8, 4) is 0 Å². The van der Waals surface area contributed by atoms with E-state index >= 15 is 0 Å². The van der Waals surface area contributed by atoms with Crippen LogP contribution in [0.5, 0.6) is 0 Å². The molecule has 0 atom stereocenters. The number of anilines is 1. The predicted octanol–water partition coefficient (Wildman–Crippen LogP) is 4.40. The summed E-state index contributed by atoms with van der Waals surface area (Å²) in [6.45, 7) is 1.72. The summed E-state index contributed by atoms with van der Waals surface area (Å²) in [5.41, 5.74) is 1.74. The molecule has 0 spiro atoms. The average molecular weight is 527 g/mol. The molecule has 3 heterocycles. The SMILES string of the molecule is O=C1NC(=S)N(c2cc(Cl)cc(Cl)c2)C(=O)/C1=C/c1cn(CC(=O)N2CCCC2)c2ccccc12. The fraction of sp³-hybridized carbons (Fsp3) is 0.200. The molecule has 0 radical (unpaired) electrons. The van der Waals surface area contributed by atoms with E-state index in [9.17, 15) is 14.4 Å². The van der Waals surface area contributed by atoms with Crippen LogP contribution in [0.25, 0.3) is 17.0 Å². The van der Waals surface area contributed by atoms with Crippen molar-refractivity contribution in [3.05, 3.63) is 69.8 Å². The number of benzene rings is 2. The Hall–Kier alpha value is -3.20. The van der Waals surface area contributed by atoms with Crippen LogP contribution in [0.3, 0.4) is 0 Å². The molecule has 2 fully saturated rings. The molecular formula is C25H20Cl2N4O3S. The van der Waals surface area contributed by atoms with E-state index in [0.29, 0.717) is 21.3 Å². The largest absolute Gasteiger partial charge is 0.341 e. The van der Waals surface area contributed by atoms with Crippen LogP contribution in [0.4, 0.5) is 5.69 Å². The average Bonchev–Trinajstić information content (AvgIpc) is 3.45. The van der Waals surface area contributed by atoms with Gasteiger partial charge in [0.1, 0.15) is 12.1 Å². The first-order valence-electron chi connectivity index (χ1n) is 11.0. The standard InChI is InChI=1S/C25H20Cl2N4O3S/c26-16-10-17(27)12-18(11-16)31-24(34)20(23(33)28-25(31)35)9-15-13-30(21-6-2-1-5-19(15)21)14-22(32)29-7-3-4-8-29/h1-2,5-6,9-13H,3-4,7-8,14H2,(H,28,33,35)/b20-9+. The number of halogens is 2. The molecule has 2 aliphatic rings. The Morgan fingerprint density at radius 3 is 2.46 bits per heavy atom. The number of carbonyl (C=O) groups excluding carboxylic acids is 3. The first-order valence-corrected chi connectivity index (χ1v) is 12.2. The van der Waals surface area contributed by atoms with Crippen molar-refractivity contribution >= 4 is 80.9 Å². The number of aromatic nitrogens is 1. The van der Waals surface area contributed by atoms with E-state index in [1.54, 1.807) is 18.3 Å². The van der Waals surface area contributed by atoms with E-state index in [-0.39, 0.29) is 23.1 Å². The summed E-state index contributed by atoms with van der Waals surface area (Å²) in [6.07, 6.45) is 5.35. The molecule has 35 heavy (non-hydrogen) atoms. The minimum Gasteiger partial charge on any atom is -0.341 e. The first kappa shape index (κ1) is 23.5. The van der Waals surface area contributed by atoms with E-state index in [2.05, 4.69) is 5.32 Å². The summed E-state index contributed by atoms with van der Waals surface area (Å²) in [4.78, 5) is 42.0. The van der Waals surface area contributed by atoms with Crippen molar-refractivity contribution < 1.29 is 14.4 Å². The van der Waals surface area contributed by atoms with Crippen molar-refractivity contribution in [1.29, 1.82) is 0 Å². The molecule has 3 amide bonds. The van der Waals surface area contributed by atoms with E-state index < -0.39 is 11.8 Å². The molecule has 1 N–H and O–H groups in total. The third-order valence-electron chi connectivity index (χ3n) is 6.09. The third-order valence-corrected chi connectivity index (χ3v) is 6.81. The molecule has 10 heteroatoms. The molecule has 0 unspecified atom stereocenters. The van der Waals surface area contributed by atoms with Gasteiger partial charge in [-0.05, 0) is 55.4 Å². The molecule has 0 aliphatic carbocycles. The number of thiocarbonyl (C=S) groups is 1. The van der Waals surface area contributed by atoms with E-state index in [4.69, 9.17) is 35.4 Å². The van der Waals surface area contributed by atoms with Gasteiger partial charge in [0.2, 0.25) is 5.91 Å². The predicted molar refractivity (Wildman–Crippen MR) is 140 cm³/mol. The van der Waals surface area contributed by atoms with Crippen molar-refractivity contribution in [2.24, 2.45) is 0 Å². The van der Waals surface area contributed by atoms with Crippen LogP contribution in [-0.2, 0) is 20.9 Å². The van der Waals surface area contributed by atoms with Crippen LogP contribution in [0.1, 0.15) is 18.4 Å². The Morgan fingerprint density at radius 1 is 1.06 bits per heavy atom. The lowest BCUT2D eigenvalue weighted by Crippen LogP contribution is -2.54. The van der Waals surface area contributed by atoms with Crippen molar-refractivity contribution in [2.45, 2.75) is 19.4 Å². The van der Waals surface area contributed by atoms with Crippen LogP contribution in [-0.4, -0.2) is 45.4 Å². The van der Waals surface area contributed by atoms with Gasteiger partial charge in [0.25, 0.3) is 11.8 Å². The fourth-order valence-electron chi connectivity index (χ4n) is 4.45. The maximum absolute atomic E-state index is 13.4. The lowest BCUT2D eigenvalue weighted by atomic mass is 10.1. The highest BCUT2D eigenvalue weighted by molar-refractivity contribution is 7.80. The molecule has 2 saturated heterocycles. The summed E-state index contributed by atoms with van der Waals surface area (Å²) in [5, 5.41) is 3.99. The molecule has 2 aromatic carbocycles. The molecule has 5 rings (SSSR count). The van der Waals surface area contributed by atoms with Crippen molar-refractivity contribution in [2.75, 3.05) is 18.0 Å². The number of para-hydroxylation sites is 1. The molecule has 0 saturated carbocycles. The minimum atomic E-state index is -0.602. The van der Waals surface area contributed by atoms with E-state index in [0.717, 1.165) is 36.8 Å². The molecular weight excluding hydrogens is 507 g/mol. The Balaban J connectivity index is 1.53. The fourth-order valence-corrected chi connectivity index (χ4v) is 5.24. The quantitative estimate of drug-likeness (QED) is 0.310. The number of likely N-dealkylation sites (tertiary alicyclic amines) is 1. The molecule has 178 valence electrons. The van der Waals surface area contributed by atoms with Gasteiger partial charge >= 0.3 is 0 Å². The van der Waals surface area contributed by atoms with Gasteiger partial charge in [-0.1, -0.05) is 41.4 Å².